The number of aromatic nitrogens is 4. The molecule has 1 aliphatic rings. The van der Waals surface area contributed by atoms with E-state index < -0.39 is 0 Å². The van der Waals surface area contributed by atoms with Crippen molar-refractivity contribution in [1.29, 1.82) is 0 Å². The maximum absolute atomic E-state index is 6.21. The third-order valence-electron chi connectivity index (χ3n) is 5.02. The van der Waals surface area contributed by atoms with Crippen molar-refractivity contribution in [2.24, 2.45) is 0 Å². The first-order valence-electron chi connectivity index (χ1n) is 9.53. The van der Waals surface area contributed by atoms with E-state index in [0.717, 1.165) is 22.5 Å². The van der Waals surface area contributed by atoms with Crippen molar-refractivity contribution < 1.29 is 18.9 Å². The third kappa shape index (κ3) is 3.26. The van der Waals surface area contributed by atoms with Crippen molar-refractivity contribution in [2.75, 3.05) is 20.8 Å². The fourth-order valence-electron chi connectivity index (χ4n) is 3.52. The summed E-state index contributed by atoms with van der Waals surface area (Å²) in [6.45, 7) is 0.380. The second-order valence-electron chi connectivity index (χ2n) is 6.90. The second kappa shape index (κ2) is 7.55. The zero-order valence-corrected chi connectivity index (χ0v) is 16.6. The summed E-state index contributed by atoms with van der Waals surface area (Å²) in [6, 6.07) is 11.5. The van der Waals surface area contributed by atoms with Crippen LogP contribution in [0.5, 0.6) is 23.1 Å². The number of hydrogen-bond acceptors (Lipinski definition) is 7. The molecule has 1 atom stereocenters. The number of nitrogens with zero attached hydrogens (tertiary/aromatic N) is 4. The molecule has 4 heterocycles. The zero-order chi connectivity index (χ0) is 20.5. The van der Waals surface area contributed by atoms with Gasteiger partial charge in [-0.15, -0.1) is 0 Å². The Labute approximate surface area is 173 Å². The number of rotatable bonds is 5. The normalized spacial score (nSPS) is 15.2. The molecule has 4 aromatic rings. The molecule has 1 aliphatic heterocycles. The standard InChI is InChI=1S/C22H20N4O4/c1-27-17-9-14(8-16-12-23-20-4-3-7-25-26(16)20)10-18-22(17)30-19(13-29-18)15-5-6-21(28-2)24-11-15/h3-7,9-12,19H,8,13H2,1-2H3. The highest BCUT2D eigenvalue weighted by Crippen LogP contribution is 2.44. The number of imidazole rings is 1. The van der Waals surface area contributed by atoms with E-state index in [2.05, 4.69) is 15.1 Å². The molecule has 30 heavy (non-hydrogen) atoms. The summed E-state index contributed by atoms with van der Waals surface area (Å²) < 4.78 is 24.8. The summed E-state index contributed by atoms with van der Waals surface area (Å²) >= 11 is 0. The SMILES string of the molecule is COc1ccc(C2COc3cc(Cc4cnc5cccnn45)cc(OC)c3O2)cn1. The smallest absolute Gasteiger partial charge is 0.212 e. The molecule has 8 heteroatoms. The van der Waals surface area contributed by atoms with Gasteiger partial charge in [0.1, 0.15) is 6.61 Å². The predicted octanol–water partition coefficient (Wildman–Crippen LogP) is 3.24. The largest absolute Gasteiger partial charge is 0.493 e. The van der Waals surface area contributed by atoms with Crippen molar-refractivity contribution in [3.05, 3.63) is 71.8 Å². The molecule has 152 valence electrons. The van der Waals surface area contributed by atoms with Crippen LogP contribution in [-0.4, -0.2) is 40.4 Å². The number of hydrogen-bond donors (Lipinski definition) is 0. The summed E-state index contributed by atoms with van der Waals surface area (Å²) in [4.78, 5) is 8.65. The van der Waals surface area contributed by atoms with E-state index in [1.54, 1.807) is 32.7 Å². The fourth-order valence-corrected chi connectivity index (χ4v) is 3.52. The van der Waals surface area contributed by atoms with Gasteiger partial charge in [0.2, 0.25) is 11.6 Å². The minimum atomic E-state index is -0.279. The molecular formula is C22H20N4O4. The Bertz CT molecular complexity index is 1170. The number of fused-ring (bicyclic) bond motifs is 2. The van der Waals surface area contributed by atoms with E-state index in [0.29, 0.717) is 36.2 Å². The molecule has 0 spiro atoms. The Morgan fingerprint density at radius 1 is 1.10 bits per heavy atom. The maximum Gasteiger partial charge on any atom is 0.212 e. The topological polar surface area (TPSA) is 80.0 Å². The van der Waals surface area contributed by atoms with Crippen LogP contribution in [-0.2, 0) is 6.42 Å². The molecule has 0 bridgehead atoms. The Balaban J connectivity index is 1.43. The zero-order valence-electron chi connectivity index (χ0n) is 16.6. The summed E-state index contributed by atoms with van der Waals surface area (Å²) in [5.74, 6) is 2.42. The van der Waals surface area contributed by atoms with Crippen LogP contribution in [0.25, 0.3) is 5.65 Å². The van der Waals surface area contributed by atoms with Crippen molar-refractivity contribution in [3.63, 3.8) is 0 Å². The lowest BCUT2D eigenvalue weighted by atomic mass is 10.1. The lowest BCUT2D eigenvalue weighted by molar-refractivity contribution is 0.0867. The number of ether oxygens (including phenoxy) is 4. The summed E-state index contributed by atoms with van der Waals surface area (Å²) in [5.41, 5.74) is 3.72. The molecular weight excluding hydrogens is 384 g/mol. The first-order chi connectivity index (χ1) is 14.7. The van der Waals surface area contributed by atoms with E-state index in [4.69, 9.17) is 18.9 Å². The highest BCUT2D eigenvalue weighted by atomic mass is 16.6. The average molecular weight is 404 g/mol. The Kier molecular flexibility index (Phi) is 4.59. The van der Waals surface area contributed by atoms with Crippen molar-refractivity contribution in [2.45, 2.75) is 12.5 Å². The maximum atomic E-state index is 6.21. The van der Waals surface area contributed by atoms with Crippen LogP contribution >= 0.6 is 0 Å². The molecule has 0 amide bonds. The third-order valence-corrected chi connectivity index (χ3v) is 5.02. The van der Waals surface area contributed by atoms with Gasteiger partial charge in [-0.3, -0.25) is 0 Å². The summed E-state index contributed by atoms with van der Waals surface area (Å²) in [6.07, 6.45) is 5.67. The predicted molar refractivity (Wildman–Crippen MR) is 108 cm³/mol. The number of methoxy groups -OCH3 is 2. The van der Waals surface area contributed by atoms with Gasteiger partial charge < -0.3 is 18.9 Å². The van der Waals surface area contributed by atoms with Crippen LogP contribution in [0.4, 0.5) is 0 Å². The minimum absolute atomic E-state index is 0.279. The van der Waals surface area contributed by atoms with Gasteiger partial charge in [0.15, 0.2) is 23.3 Å². The molecule has 1 aromatic carbocycles. The summed E-state index contributed by atoms with van der Waals surface area (Å²) in [7, 11) is 3.21. The second-order valence-corrected chi connectivity index (χ2v) is 6.90. The fraction of sp³-hybridized carbons (Fsp3) is 0.227. The minimum Gasteiger partial charge on any atom is -0.493 e. The van der Waals surface area contributed by atoms with Crippen LogP contribution in [0.2, 0.25) is 0 Å². The quantitative estimate of drug-likeness (QED) is 0.505. The average Bonchev–Trinajstić information content (AvgIpc) is 3.21. The van der Waals surface area contributed by atoms with E-state index >= 15 is 0 Å². The molecule has 0 radical (unpaired) electrons. The van der Waals surface area contributed by atoms with Crippen LogP contribution in [0.1, 0.15) is 22.9 Å². The molecule has 5 rings (SSSR count). The van der Waals surface area contributed by atoms with Crippen molar-refractivity contribution >= 4 is 5.65 Å². The Hall–Kier alpha value is -3.81. The lowest BCUT2D eigenvalue weighted by Crippen LogP contribution is -2.22. The van der Waals surface area contributed by atoms with Crippen molar-refractivity contribution in [1.82, 2.24) is 19.6 Å². The van der Waals surface area contributed by atoms with E-state index in [-0.39, 0.29) is 6.10 Å². The van der Waals surface area contributed by atoms with Gasteiger partial charge in [-0.1, -0.05) is 0 Å². The molecule has 0 aliphatic carbocycles. The number of pyridine rings is 1. The molecule has 0 saturated heterocycles. The highest BCUT2D eigenvalue weighted by Gasteiger charge is 2.27. The number of benzene rings is 1. The van der Waals surface area contributed by atoms with E-state index in [9.17, 15) is 0 Å². The van der Waals surface area contributed by atoms with Gasteiger partial charge in [0.25, 0.3) is 0 Å². The van der Waals surface area contributed by atoms with Crippen LogP contribution in [0.3, 0.4) is 0 Å². The van der Waals surface area contributed by atoms with Gasteiger partial charge >= 0.3 is 0 Å². The lowest BCUT2D eigenvalue weighted by Gasteiger charge is -2.28. The molecule has 0 N–H and O–H groups in total. The summed E-state index contributed by atoms with van der Waals surface area (Å²) in [5, 5.41) is 4.38. The Morgan fingerprint density at radius 2 is 2.03 bits per heavy atom. The van der Waals surface area contributed by atoms with Gasteiger partial charge in [-0.25, -0.2) is 14.5 Å². The van der Waals surface area contributed by atoms with Gasteiger partial charge in [-0.2, -0.15) is 5.10 Å². The van der Waals surface area contributed by atoms with Gasteiger partial charge in [-0.05, 0) is 35.9 Å². The molecule has 1 unspecified atom stereocenters. The monoisotopic (exact) mass is 404 g/mol. The first-order valence-corrected chi connectivity index (χ1v) is 9.53. The highest BCUT2D eigenvalue weighted by molar-refractivity contribution is 5.55. The molecule has 3 aromatic heterocycles. The molecule has 0 saturated carbocycles. The van der Waals surface area contributed by atoms with Gasteiger partial charge in [0.05, 0.1) is 26.1 Å². The van der Waals surface area contributed by atoms with Crippen LogP contribution < -0.4 is 18.9 Å². The molecule has 8 nitrogen and oxygen atoms in total. The Morgan fingerprint density at radius 3 is 2.83 bits per heavy atom. The van der Waals surface area contributed by atoms with Crippen LogP contribution in [0, 0.1) is 0 Å². The van der Waals surface area contributed by atoms with Gasteiger partial charge in [0, 0.05) is 30.4 Å². The van der Waals surface area contributed by atoms with E-state index in [1.165, 1.54) is 0 Å². The van der Waals surface area contributed by atoms with E-state index in [1.807, 2.05) is 41.0 Å². The molecule has 0 fully saturated rings. The van der Waals surface area contributed by atoms with Crippen molar-refractivity contribution in [3.8, 4) is 23.1 Å². The van der Waals surface area contributed by atoms with Crippen LogP contribution in [0.15, 0.2) is 55.0 Å². The first kappa shape index (κ1) is 18.2.